The Morgan fingerprint density at radius 1 is 1.47 bits per heavy atom. The van der Waals surface area contributed by atoms with Crippen LogP contribution in [0.5, 0.6) is 0 Å². The third-order valence-corrected chi connectivity index (χ3v) is 4.47. The topological polar surface area (TPSA) is 49.4 Å². The zero-order chi connectivity index (χ0) is 14.0. The van der Waals surface area contributed by atoms with Gasteiger partial charge in [0.05, 0.1) is 0 Å². The number of rotatable bonds is 4. The molecule has 4 heteroatoms. The van der Waals surface area contributed by atoms with Gasteiger partial charge >= 0.3 is 0 Å². The van der Waals surface area contributed by atoms with E-state index in [-0.39, 0.29) is 23.9 Å². The molecule has 2 unspecified atom stereocenters. The van der Waals surface area contributed by atoms with Crippen LogP contribution >= 0.6 is 0 Å². The highest BCUT2D eigenvalue weighted by Gasteiger charge is 2.52. The Kier molecular flexibility index (Phi) is 3.97. The second kappa shape index (κ2) is 5.35. The Labute approximate surface area is 115 Å². The summed E-state index contributed by atoms with van der Waals surface area (Å²) in [5.41, 5.74) is -0.613. The predicted octanol–water partition coefficient (Wildman–Crippen LogP) is 2.00. The summed E-state index contributed by atoms with van der Waals surface area (Å²) >= 11 is 0. The van der Waals surface area contributed by atoms with Crippen LogP contribution in [0.2, 0.25) is 0 Å². The fraction of sp³-hybridized carbons (Fsp3) is 0.733. The van der Waals surface area contributed by atoms with Crippen LogP contribution in [-0.4, -0.2) is 34.3 Å². The summed E-state index contributed by atoms with van der Waals surface area (Å²) in [7, 11) is 0. The third kappa shape index (κ3) is 2.28. The van der Waals surface area contributed by atoms with Gasteiger partial charge in [-0.2, -0.15) is 0 Å². The average Bonchev–Trinajstić information content (AvgIpc) is 2.83. The van der Waals surface area contributed by atoms with E-state index in [4.69, 9.17) is 0 Å². The van der Waals surface area contributed by atoms with E-state index >= 15 is 0 Å². The first kappa shape index (κ1) is 14.1. The van der Waals surface area contributed by atoms with Crippen molar-refractivity contribution in [3.63, 3.8) is 0 Å². The van der Waals surface area contributed by atoms with Crippen molar-refractivity contribution in [3.05, 3.63) is 12.7 Å². The summed E-state index contributed by atoms with van der Waals surface area (Å²) < 4.78 is 0. The molecule has 0 aromatic carbocycles. The molecule has 19 heavy (non-hydrogen) atoms. The lowest BCUT2D eigenvalue weighted by Gasteiger charge is -2.46. The number of hydrogen-bond acceptors (Lipinski definition) is 2. The fourth-order valence-corrected chi connectivity index (χ4v) is 3.45. The van der Waals surface area contributed by atoms with Gasteiger partial charge in [0, 0.05) is 6.04 Å². The number of nitrogens with zero attached hydrogens (tertiary/aromatic N) is 1. The molecule has 2 atom stereocenters. The van der Waals surface area contributed by atoms with Crippen molar-refractivity contribution in [1.29, 1.82) is 0 Å². The highest BCUT2D eigenvalue weighted by molar-refractivity contribution is 6.00. The molecule has 1 spiro atoms. The Hall–Kier alpha value is -1.32. The maximum Gasteiger partial charge on any atom is 0.249 e. The molecule has 0 bridgehead atoms. The zero-order valence-electron chi connectivity index (χ0n) is 11.9. The van der Waals surface area contributed by atoms with Gasteiger partial charge in [-0.1, -0.05) is 25.8 Å². The Bertz CT molecular complexity index is 386. The lowest BCUT2D eigenvalue weighted by molar-refractivity contribution is -0.157. The number of piperazine rings is 1. The quantitative estimate of drug-likeness (QED) is 0.790. The van der Waals surface area contributed by atoms with Gasteiger partial charge in [-0.25, -0.2) is 0 Å². The maximum atomic E-state index is 12.9. The largest absolute Gasteiger partial charge is 0.340 e. The van der Waals surface area contributed by atoms with Crippen LogP contribution < -0.4 is 5.32 Å². The summed E-state index contributed by atoms with van der Waals surface area (Å²) in [6.45, 7) is 7.70. The molecule has 2 amide bonds. The molecule has 2 fully saturated rings. The SMILES string of the molecule is C=CCC(C)N1C(=O)C2(CCCC2)NC(=O)C1CC. The summed E-state index contributed by atoms with van der Waals surface area (Å²) in [4.78, 5) is 27.0. The smallest absolute Gasteiger partial charge is 0.249 e. The van der Waals surface area contributed by atoms with Gasteiger partial charge < -0.3 is 10.2 Å². The van der Waals surface area contributed by atoms with Gasteiger partial charge in [-0.05, 0) is 32.6 Å². The molecule has 2 aliphatic rings. The number of hydrogen-bond donors (Lipinski definition) is 1. The number of nitrogens with one attached hydrogen (secondary N) is 1. The second-order valence-electron chi connectivity index (χ2n) is 5.79. The van der Waals surface area contributed by atoms with E-state index in [0.717, 1.165) is 32.1 Å². The van der Waals surface area contributed by atoms with Crippen molar-refractivity contribution in [3.8, 4) is 0 Å². The minimum absolute atomic E-state index is 0.0138. The fourth-order valence-electron chi connectivity index (χ4n) is 3.45. The molecule has 106 valence electrons. The van der Waals surface area contributed by atoms with Gasteiger partial charge in [-0.3, -0.25) is 9.59 Å². The van der Waals surface area contributed by atoms with Crippen molar-refractivity contribution in [2.24, 2.45) is 0 Å². The summed E-state index contributed by atoms with van der Waals surface area (Å²) in [6.07, 6.45) is 6.81. The molecule has 2 rings (SSSR count). The maximum absolute atomic E-state index is 12.9. The normalized spacial score (nSPS) is 27.5. The van der Waals surface area contributed by atoms with Crippen LogP contribution in [-0.2, 0) is 9.59 Å². The van der Waals surface area contributed by atoms with Gasteiger partial charge in [0.1, 0.15) is 11.6 Å². The number of amides is 2. The van der Waals surface area contributed by atoms with Gasteiger partial charge in [0.15, 0.2) is 0 Å². The average molecular weight is 264 g/mol. The Morgan fingerprint density at radius 2 is 2.11 bits per heavy atom. The summed E-state index contributed by atoms with van der Waals surface area (Å²) in [5, 5.41) is 3.01. The standard InChI is InChI=1S/C15H24N2O2/c1-4-8-11(3)17-12(5-2)13(18)16-15(14(17)19)9-6-7-10-15/h4,11-12H,1,5-10H2,2-3H3,(H,16,18). The molecule has 1 aliphatic heterocycles. The van der Waals surface area contributed by atoms with Crippen LogP contribution in [0.15, 0.2) is 12.7 Å². The summed E-state index contributed by atoms with van der Waals surface area (Å²) in [5.74, 6) is 0.130. The van der Waals surface area contributed by atoms with Gasteiger partial charge in [-0.15, -0.1) is 6.58 Å². The molecule has 1 N–H and O–H groups in total. The zero-order valence-corrected chi connectivity index (χ0v) is 11.9. The molecule has 4 nitrogen and oxygen atoms in total. The molecular formula is C15H24N2O2. The van der Waals surface area contributed by atoms with E-state index in [9.17, 15) is 9.59 Å². The highest BCUT2D eigenvalue weighted by atomic mass is 16.2. The van der Waals surface area contributed by atoms with Crippen molar-refractivity contribution in [2.45, 2.75) is 70.0 Å². The lowest BCUT2D eigenvalue weighted by atomic mass is 9.88. The van der Waals surface area contributed by atoms with Gasteiger partial charge in [0.25, 0.3) is 0 Å². The van der Waals surface area contributed by atoms with Crippen molar-refractivity contribution >= 4 is 11.8 Å². The number of carbonyl (C=O) groups excluding carboxylic acids is 2. The first-order valence-corrected chi connectivity index (χ1v) is 7.31. The van der Waals surface area contributed by atoms with E-state index in [1.807, 2.05) is 24.8 Å². The van der Waals surface area contributed by atoms with E-state index in [1.165, 1.54) is 0 Å². The Balaban J connectivity index is 2.31. The first-order chi connectivity index (χ1) is 9.05. The molecule has 0 aromatic heterocycles. The summed E-state index contributed by atoms with van der Waals surface area (Å²) in [6, 6.07) is -0.285. The van der Waals surface area contributed by atoms with Crippen LogP contribution in [0.4, 0.5) is 0 Å². The first-order valence-electron chi connectivity index (χ1n) is 7.31. The van der Waals surface area contributed by atoms with E-state index < -0.39 is 5.54 Å². The molecule has 0 aromatic rings. The second-order valence-corrected chi connectivity index (χ2v) is 5.79. The third-order valence-electron chi connectivity index (χ3n) is 4.47. The van der Waals surface area contributed by atoms with Crippen LogP contribution in [0, 0.1) is 0 Å². The van der Waals surface area contributed by atoms with Crippen LogP contribution in [0.1, 0.15) is 52.4 Å². The molecule has 0 radical (unpaired) electrons. The van der Waals surface area contributed by atoms with Crippen molar-refractivity contribution in [2.75, 3.05) is 0 Å². The number of carbonyl (C=O) groups is 2. The van der Waals surface area contributed by atoms with Crippen LogP contribution in [0.3, 0.4) is 0 Å². The van der Waals surface area contributed by atoms with E-state index in [0.29, 0.717) is 6.42 Å². The van der Waals surface area contributed by atoms with Gasteiger partial charge in [0.2, 0.25) is 11.8 Å². The van der Waals surface area contributed by atoms with Crippen molar-refractivity contribution < 1.29 is 9.59 Å². The lowest BCUT2D eigenvalue weighted by Crippen LogP contribution is -2.70. The van der Waals surface area contributed by atoms with Crippen LogP contribution in [0.25, 0.3) is 0 Å². The minimum Gasteiger partial charge on any atom is -0.340 e. The van der Waals surface area contributed by atoms with Crippen molar-refractivity contribution in [1.82, 2.24) is 10.2 Å². The molecule has 1 saturated heterocycles. The molecule has 1 saturated carbocycles. The van der Waals surface area contributed by atoms with E-state index in [2.05, 4.69) is 11.9 Å². The molecular weight excluding hydrogens is 240 g/mol. The molecule has 1 aliphatic carbocycles. The van der Waals surface area contributed by atoms with E-state index in [1.54, 1.807) is 0 Å². The Morgan fingerprint density at radius 3 is 2.63 bits per heavy atom. The monoisotopic (exact) mass is 264 g/mol. The highest BCUT2D eigenvalue weighted by Crippen LogP contribution is 2.36. The molecule has 1 heterocycles. The predicted molar refractivity (Wildman–Crippen MR) is 74.5 cm³/mol. The minimum atomic E-state index is -0.613.